The van der Waals surface area contributed by atoms with Gasteiger partial charge in [-0.05, 0) is 24.3 Å². The zero-order valence-corrected chi connectivity index (χ0v) is 16.9. The van der Waals surface area contributed by atoms with Crippen LogP contribution in [0.1, 0.15) is 10.4 Å². The number of carbonyl (C=O) groups excluding carboxylic acids is 1. The SMILES string of the molecule is COc1ccccc1C(=O)N1CCN(S(=O)(=O)c2ccc3c(c2)OCCO3)CC1. The van der Waals surface area contributed by atoms with E-state index in [0.717, 1.165) is 0 Å². The highest BCUT2D eigenvalue weighted by Crippen LogP contribution is 2.33. The van der Waals surface area contributed by atoms with E-state index in [2.05, 4.69) is 0 Å². The lowest BCUT2D eigenvalue weighted by atomic mass is 10.1. The number of hydrogen-bond acceptors (Lipinski definition) is 6. The molecule has 0 aromatic heterocycles. The molecule has 2 aromatic carbocycles. The van der Waals surface area contributed by atoms with Gasteiger partial charge in [-0.15, -0.1) is 0 Å². The fourth-order valence-electron chi connectivity index (χ4n) is 3.46. The lowest BCUT2D eigenvalue weighted by Gasteiger charge is -2.34. The van der Waals surface area contributed by atoms with Crippen LogP contribution in [0.25, 0.3) is 0 Å². The van der Waals surface area contributed by atoms with E-state index in [0.29, 0.717) is 49.1 Å². The first-order valence-corrected chi connectivity index (χ1v) is 10.8. The third-order valence-corrected chi connectivity index (χ3v) is 6.91. The fourth-order valence-corrected chi connectivity index (χ4v) is 4.89. The Bertz CT molecular complexity index is 1020. The first-order chi connectivity index (χ1) is 14.0. The molecule has 9 heteroatoms. The van der Waals surface area contributed by atoms with Gasteiger partial charge in [0.25, 0.3) is 5.91 Å². The Morgan fingerprint density at radius 2 is 1.66 bits per heavy atom. The lowest BCUT2D eigenvalue weighted by Crippen LogP contribution is -2.50. The normalized spacial score (nSPS) is 17.1. The Morgan fingerprint density at radius 3 is 2.38 bits per heavy atom. The maximum Gasteiger partial charge on any atom is 0.257 e. The summed E-state index contributed by atoms with van der Waals surface area (Å²) in [6.45, 7) is 1.89. The minimum atomic E-state index is -3.69. The molecule has 0 saturated carbocycles. The summed E-state index contributed by atoms with van der Waals surface area (Å²) >= 11 is 0. The maximum absolute atomic E-state index is 13.0. The van der Waals surface area contributed by atoms with Gasteiger partial charge in [-0.3, -0.25) is 4.79 Å². The van der Waals surface area contributed by atoms with Crippen LogP contribution in [-0.2, 0) is 10.0 Å². The number of nitrogens with zero attached hydrogens (tertiary/aromatic N) is 2. The zero-order valence-electron chi connectivity index (χ0n) is 16.0. The third kappa shape index (κ3) is 3.75. The molecule has 4 rings (SSSR count). The van der Waals surface area contributed by atoms with Gasteiger partial charge in [0.2, 0.25) is 10.0 Å². The zero-order chi connectivity index (χ0) is 20.4. The van der Waals surface area contributed by atoms with Crippen molar-refractivity contribution in [1.82, 2.24) is 9.21 Å². The quantitative estimate of drug-likeness (QED) is 0.750. The standard InChI is InChI=1S/C20H22N2O6S/c1-26-17-5-3-2-4-16(17)20(23)21-8-10-22(11-9-21)29(24,25)15-6-7-18-19(14-15)28-13-12-27-18/h2-7,14H,8-13H2,1H3. The molecule has 0 bridgehead atoms. The van der Waals surface area contributed by atoms with E-state index in [1.54, 1.807) is 35.2 Å². The molecular formula is C20H22N2O6S. The molecular weight excluding hydrogens is 396 g/mol. The van der Waals surface area contributed by atoms with Crippen LogP contribution in [0.15, 0.2) is 47.4 Å². The second-order valence-electron chi connectivity index (χ2n) is 6.70. The van der Waals surface area contributed by atoms with Gasteiger partial charge in [0.05, 0.1) is 17.6 Å². The molecule has 0 unspecified atom stereocenters. The number of ether oxygens (including phenoxy) is 3. The summed E-state index contributed by atoms with van der Waals surface area (Å²) in [5, 5.41) is 0. The summed E-state index contributed by atoms with van der Waals surface area (Å²) in [5.41, 5.74) is 0.471. The Kier molecular flexibility index (Phi) is 5.33. The van der Waals surface area contributed by atoms with E-state index >= 15 is 0 Å². The molecule has 8 nitrogen and oxygen atoms in total. The van der Waals surface area contributed by atoms with Gasteiger partial charge < -0.3 is 19.1 Å². The predicted molar refractivity (Wildman–Crippen MR) is 105 cm³/mol. The van der Waals surface area contributed by atoms with E-state index in [9.17, 15) is 13.2 Å². The molecule has 2 aliphatic rings. The van der Waals surface area contributed by atoms with Crippen LogP contribution in [0.5, 0.6) is 17.2 Å². The third-order valence-electron chi connectivity index (χ3n) is 5.01. The monoisotopic (exact) mass is 418 g/mol. The highest BCUT2D eigenvalue weighted by molar-refractivity contribution is 7.89. The Morgan fingerprint density at radius 1 is 0.966 bits per heavy atom. The van der Waals surface area contributed by atoms with Crippen LogP contribution in [0, 0.1) is 0 Å². The summed E-state index contributed by atoms with van der Waals surface area (Å²) in [6.07, 6.45) is 0. The van der Waals surface area contributed by atoms with Gasteiger partial charge in [0, 0.05) is 32.2 Å². The summed E-state index contributed by atoms with van der Waals surface area (Å²) in [5.74, 6) is 1.31. The molecule has 0 aliphatic carbocycles. The van der Waals surface area contributed by atoms with Crippen molar-refractivity contribution < 1.29 is 27.4 Å². The van der Waals surface area contributed by atoms with Crippen LogP contribution in [0.3, 0.4) is 0 Å². The average Bonchev–Trinajstić information content (AvgIpc) is 2.78. The molecule has 1 fully saturated rings. The molecule has 154 valence electrons. The molecule has 0 radical (unpaired) electrons. The van der Waals surface area contributed by atoms with Gasteiger partial charge in [-0.1, -0.05) is 12.1 Å². The number of carbonyl (C=O) groups is 1. The van der Waals surface area contributed by atoms with Gasteiger partial charge >= 0.3 is 0 Å². The Balaban J connectivity index is 1.47. The van der Waals surface area contributed by atoms with Crippen molar-refractivity contribution in [3.05, 3.63) is 48.0 Å². The van der Waals surface area contributed by atoms with Crippen molar-refractivity contribution in [3.63, 3.8) is 0 Å². The van der Waals surface area contributed by atoms with E-state index < -0.39 is 10.0 Å². The number of methoxy groups -OCH3 is 1. The van der Waals surface area contributed by atoms with Gasteiger partial charge in [-0.25, -0.2) is 8.42 Å². The van der Waals surface area contributed by atoms with Crippen molar-refractivity contribution in [1.29, 1.82) is 0 Å². The molecule has 0 spiro atoms. The Hall–Kier alpha value is -2.78. The van der Waals surface area contributed by atoms with Crippen molar-refractivity contribution in [2.24, 2.45) is 0 Å². The summed E-state index contributed by atoms with van der Waals surface area (Å²) in [6, 6.07) is 11.6. The van der Waals surface area contributed by atoms with Crippen molar-refractivity contribution >= 4 is 15.9 Å². The smallest absolute Gasteiger partial charge is 0.257 e. The second kappa shape index (κ2) is 7.92. The molecule has 29 heavy (non-hydrogen) atoms. The van der Waals surface area contributed by atoms with Crippen LogP contribution >= 0.6 is 0 Å². The first-order valence-electron chi connectivity index (χ1n) is 9.33. The van der Waals surface area contributed by atoms with Crippen LogP contribution < -0.4 is 14.2 Å². The van der Waals surface area contributed by atoms with Crippen molar-refractivity contribution in [2.75, 3.05) is 46.5 Å². The minimum absolute atomic E-state index is 0.159. The molecule has 2 aromatic rings. The highest BCUT2D eigenvalue weighted by atomic mass is 32.2. The van der Waals surface area contributed by atoms with Gasteiger partial charge in [0.15, 0.2) is 11.5 Å². The number of benzene rings is 2. The largest absolute Gasteiger partial charge is 0.496 e. The molecule has 1 saturated heterocycles. The van der Waals surface area contributed by atoms with Gasteiger partial charge in [-0.2, -0.15) is 4.31 Å². The van der Waals surface area contributed by atoms with Crippen LogP contribution in [0.2, 0.25) is 0 Å². The molecule has 2 aliphatic heterocycles. The van der Waals surface area contributed by atoms with Crippen molar-refractivity contribution in [3.8, 4) is 17.2 Å². The minimum Gasteiger partial charge on any atom is -0.496 e. The van der Waals surface area contributed by atoms with E-state index in [4.69, 9.17) is 14.2 Å². The molecule has 0 N–H and O–H groups in total. The number of piperazine rings is 1. The number of hydrogen-bond donors (Lipinski definition) is 0. The number of amides is 1. The van der Waals surface area contributed by atoms with Gasteiger partial charge in [0.1, 0.15) is 19.0 Å². The summed E-state index contributed by atoms with van der Waals surface area (Å²) < 4.78 is 43.6. The Labute approximate surface area is 169 Å². The number of fused-ring (bicyclic) bond motifs is 1. The average molecular weight is 418 g/mol. The first kappa shape index (κ1) is 19.5. The highest BCUT2D eigenvalue weighted by Gasteiger charge is 2.32. The number of rotatable bonds is 4. The van der Waals surface area contributed by atoms with Crippen LogP contribution in [0.4, 0.5) is 0 Å². The second-order valence-corrected chi connectivity index (χ2v) is 8.64. The molecule has 2 heterocycles. The predicted octanol–water partition coefficient (Wildman–Crippen LogP) is 1.61. The lowest BCUT2D eigenvalue weighted by molar-refractivity contribution is 0.0694. The number of sulfonamides is 1. The fraction of sp³-hybridized carbons (Fsp3) is 0.350. The number of para-hydroxylation sites is 1. The maximum atomic E-state index is 13.0. The summed E-state index contributed by atoms with van der Waals surface area (Å²) in [7, 11) is -2.17. The van der Waals surface area contributed by atoms with Crippen LogP contribution in [-0.4, -0.2) is 70.0 Å². The molecule has 0 atom stereocenters. The summed E-state index contributed by atoms with van der Waals surface area (Å²) in [4.78, 5) is 14.6. The van der Waals surface area contributed by atoms with E-state index in [1.165, 1.54) is 23.5 Å². The molecule has 1 amide bonds. The van der Waals surface area contributed by atoms with E-state index in [1.807, 2.05) is 0 Å². The van der Waals surface area contributed by atoms with Crippen molar-refractivity contribution in [2.45, 2.75) is 4.90 Å². The topological polar surface area (TPSA) is 85.4 Å². The van der Waals surface area contributed by atoms with E-state index in [-0.39, 0.29) is 23.9 Å².